The first-order valence-electron chi connectivity index (χ1n) is 8.58. The molecule has 0 spiro atoms. The van der Waals surface area contributed by atoms with Crippen LogP contribution in [0.25, 0.3) is 10.8 Å². The number of amides is 4. The van der Waals surface area contributed by atoms with Crippen molar-refractivity contribution in [1.29, 1.82) is 0 Å². The van der Waals surface area contributed by atoms with Gasteiger partial charge in [0.2, 0.25) is 0 Å². The summed E-state index contributed by atoms with van der Waals surface area (Å²) in [7, 11) is 0. The second-order valence-corrected chi connectivity index (χ2v) is 7.01. The fourth-order valence-corrected chi connectivity index (χ4v) is 3.86. The molecule has 142 valence electrons. The molecule has 1 fully saturated rings. The molecule has 2 aromatic heterocycles. The number of nitrogens with one attached hydrogen (secondary N) is 2. The van der Waals surface area contributed by atoms with Gasteiger partial charge in [-0.25, -0.2) is 9.78 Å². The molecule has 0 saturated carbocycles. The topological polar surface area (TPSA) is 105 Å². The van der Waals surface area contributed by atoms with Crippen molar-refractivity contribution in [3.8, 4) is 10.8 Å². The summed E-state index contributed by atoms with van der Waals surface area (Å²) in [6.07, 6.45) is 1.85. The second-order valence-electron chi connectivity index (χ2n) is 6.15. The molecule has 1 atom stereocenters. The van der Waals surface area contributed by atoms with E-state index in [0.717, 1.165) is 0 Å². The predicted molar refractivity (Wildman–Crippen MR) is 101 cm³/mol. The van der Waals surface area contributed by atoms with Gasteiger partial charge in [0, 0.05) is 5.38 Å². The lowest BCUT2D eigenvalue weighted by atomic mass is 9.87. The molecule has 4 amide bonds. The molecule has 1 saturated heterocycles. The molecule has 3 aromatic rings. The molecule has 4 rings (SSSR count). The van der Waals surface area contributed by atoms with Crippen LogP contribution in [0.15, 0.2) is 58.5 Å². The molecule has 0 bridgehead atoms. The molecule has 9 heteroatoms. The molecule has 0 radical (unpaired) electrons. The number of thiazole rings is 1. The Labute approximate surface area is 164 Å². The Hall–Kier alpha value is -3.46. The van der Waals surface area contributed by atoms with Gasteiger partial charge in [0.25, 0.3) is 11.8 Å². The Kier molecular flexibility index (Phi) is 4.44. The first kappa shape index (κ1) is 17.9. The van der Waals surface area contributed by atoms with Crippen LogP contribution in [0.2, 0.25) is 0 Å². The number of carbonyl (C=O) groups excluding carboxylic acids is 3. The SMILES string of the molecule is CCC1(c2ccccc2)NC(=O)N(NC(=O)c2csc(-c3ccco3)n2)C1=O. The van der Waals surface area contributed by atoms with Crippen LogP contribution in [0.1, 0.15) is 29.4 Å². The van der Waals surface area contributed by atoms with Gasteiger partial charge >= 0.3 is 6.03 Å². The fraction of sp³-hybridized carbons (Fsp3) is 0.158. The normalized spacial score (nSPS) is 19.0. The summed E-state index contributed by atoms with van der Waals surface area (Å²) in [6, 6.07) is 11.7. The van der Waals surface area contributed by atoms with Crippen LogP contribution in [0.3, 0.4) is 0 Å². The monoisotopic (exact) mass is 396 g/mol. The van der Waals surface area contributed by atoms with E-state index in [0.29, 0.717) is 27.8 Å². The molecule has 1 aliphatic rings. The van der Waals surface area contributed by atoms with E-state index in [1.807, 2.05) is 6.07 Å². The summed E-state index contributed by atoms with van der Waals surface area (Å²) in [5.74, 6) is -0.660. The molecule has 28 heavy (non-hydrogen) atoms. The van der Waals surface area contributed by atoms with E-state index in [1.165, 1.54) is 23.0 Å². The zero-order chi connectivity index (χ0) is 19.7. The van der Waals surface area contributed by atoms with Crippen LogP contribution in [-0.2, 0) is 10.3 Å². The minimum Gasteiger partial charge on any atom is -0.462 e. The average Bonchev–Trinajstić information content (AvgIpc) is 3.45. The van der Waals surface area contributed by atoms with E-state index in [2.05, 4.69) is 15.7 Å². The Balaban J connectivity index is 1.56. The first-order chi connectivity index (χ1) is 13.5. The number of benzene rings is 1. The minimum atomic E-state index is -1.22. The standard InChI is InChI=1S/C19H16N4O4S/c1-2-19(12-7-4-3-5-8-12)17(25)23(18(26)21-19)22-15(24)13-11-28-16(20-13)14-9-6-10-27-14/h3-11H,2H2,1H3,(H,21,26)(H,22,24). The summed E-state index contributed by atoms with van der Waals surface area (Å²) in [4.78, 5) is 42.2. The number of nitrogens with zero attached hydrogens (tertiary/aromatic N) is 2. The Morgan fingerprint density at radius 1 is 1.25 bits per heavy atom. The number of carbonyl (C=O) groups is 3. The maximum atomic E-state index is 13.0. The second kappa shape index (κ2) is 6.93. The summed E-state index contributed by atoms with van der Waals surface area (Å²) in [5, 5.41) is 5.49. The number of aromatic nitrogens is 1. The number of imide groups is 1. The third-order valence-corrected chi connectivity index (χ3v) is 5.43. The van der Waals surface area contributed by atoms with Crippen molar-refractivity contribution in [2.75, 3.05) is 0 Å². The first-order valence-corrected chi connectivity index (χ1v) is 9.46. The van der Waals surface area contributed by atoms with E-state index >= 15 is 0 Å². The largest absolute Gasteiger partial charge is 0.462 e. The number of hydrogen-bond donors (Lipinski definition) is 2. The van der Waals surface area contributed by atoms with Gasteiger partial charge in [-0.05, 0) is 24.1 Å². The van der Waals surface area contributed by atoms with Crippen molar-refractivity contribution in [2.24, 2.45) is 0 Å². The zero-order valence-corrected chi connectivity index (χ0v) is 15.7. The van der Waals surface area contributed by atoms with Crippen molar-refractivity contribution in [1.82, 2.24) is 20.7 Å². The molecule has 0 aliphatic carbocycles. The average molecular weight is 396 g/mol. The number of furan rings is 1. The van der Waals surface area contributed by atoms with Crippen LogP contribution >= 0.6 is 11.3 Å². The molecule has 1 aromatic carbocycles. The van der Waals surface area contributed by atoms with Crippen LogP contribution in [-0.4, -0.2) is 27.8 Å². The van der Waals surface area contributed by atoms with Gasteiger partial charge in [0.05, 0.1) is 6.26 Å². The third kappa shape index (κ3) is 2.85. The van der Waals surface area contributed by atoms with Crippen molar-refractivity contribution < 1.29 is 18.8 Å². The van der Waals surface area contributed by atoms with E-state index < -0.39 is 23.4 Å². The van der Waals surface area contributed by atoms with Crippen molar-refractivity contribution in [3.05, 3.63) is 65.4 Å². The summed E-state index contributed by atoms with van der Waals surface area (Å²) in [5.41, 5.74) is 1.89. The Morgan fingerprint density at radius 2 is 2.04 bits per heavy atom. The van der Waals surface area contributed by atoms with E-state index in [-0.39, 0.29) is 5.69 Å². The van der Waals surface area contributed by atoms with Crippen molar-refractivity contribution in [3.63, 3.8) is 0 Å². The number of hydrazine groups is 1. The van der Waals surface area contributed by atoms with Gasteiger partial charge in [-0.1, -0.05) is 37.3 Å². The van der Waals surface area contributed by atoms with Crippen molar-refractivity contribution in [2.45, 2.75) is 18.9 Å². The maximum absolute atomic E-state index is 13.0. The molecule has 8 nitrogen and oxygen atoms in total. The van der Waals surface area contributed by atoms with Crippen LogP contribution in [0.4, 0.5) is 4.79 Å². The maximum Gasteiger partial charge on any atom is 0.344 e. The predicted octanol–water partition coefficient (Wildman–Crippen LogP) is 2.91. The molecule has 1 unspecified atom stereocenters. The highest BCUT2D eigenvalue weighted by Crippen LogP contribution is 2.31. The van der Waals surface area contributed by atoms with Crippen molar-refractivity contribution >= 4 is 29.2 Å². The summed E-state index contributed by atoms with van der Waals surface area (Å²) in [6.45, 7) is 1.80. The van der Waals surface area contributed by atoms with Gasteiger partial charge in [-0.15, -0.1) is 11.3 Å². The lowest BCUT2D eigenvalue weighted by Gasteiger charge is -2.25. The van der Waals surface area contributed by atoms with E-state index in [1.54, 1.807) is 43.3 Å². The van der Waals surface area contributed by atoms with Gasteiger partial charge in [0.1, 0.15) is 11.2 Å². The van der Waals surface area contributed by atoms with E-state index in [9.17, 15) is 14.4 Å². The molecular weight excluding hydrogens is 380 g/mol. The Bertz CT molecular complexity index is 1030. The number of rotatable bonds is 5. The zero-order valence-electron chi connectivity index (χ0n) is 14.8. The highest BCUT2D eigenvalue weighted by molar-refractivity contribution is 7.13. The van der Waals surface area contributed by atoms with Gasteiger partial charge in [-0.2, -0.15) is 5.01 Å². The molecule has 3 heterocycles. The van der Waals surface area contributed by atoms with Crippen LogP contribution < -0.4 is 10.7 Å². The highest BCUT2D eigenvalue weighted by Gasteiger charge is 2.52. The van der Waals surface area contributed by atoms with Crippen LogP contribution in [0.5, 0.6) is 0 Å². The molecule has 1 aliphatic heterocycles. The Morgan fingerprint density at radius 3 is 2.71 bits per heavy atom. The quantitative estimate of drug-likeness (QED) is 0.645. The van der Waals surface area contributed by atoms with Gasteiger partial charge in [0.15, 0.2) is 10.8 Å². The molecule has 2 N–H and O–H groups in total. The smallest absolute Gasteiger partial charge is 0.344 e. The van der Waals surface area contributed by atoms with Gasteiger partial charge < -0.3 is 9.73 Å². The minimum absolute atomic E-state index is 0.0886. The summed E-state index contributed by atoms with van der Waals surface area (Å²) < 4.78 is 5.26. The number of hydrogen-bond acceptors (Lipinski definition) is 6. The molecular formula is C19H16N4O4S. The van der Waals surface area contributed by atoms with E-state index in [4.69, 9.17) is 4.42 Å². The third-order valence-electron chi connectivity index (χ3n) is 4.57. The fourth-order valence-electron chi connectivity index (χ4n) is 3.09. The van der Waals surface area contributed by atoms with Gasteiger partial charge in [-0.3, -0.25) is 15.0 Å². The number of urea groups is 1. The lowest BCUT2D eigenvalue weighted by molar-refractivity contribution is -0.133. The highest BCUT2D eigenvalue weighted by atomic mass is 32.1. The lowest BCUT2D eigenvalue weighted by Crippen LogP contribution is -2.48. The summed E-state index contributed by atoms with van der Waals surface area (Å²) >= 11 is 1.23. The van der Waals surface area contributed by atoms with Crippen LogP contribution in [0, 0.1) is 0 Å².